The summed E-state index contributed by atoms with van der Waals surface area (Å²) in [6, 6.07) is 8.51. The summed E-state index contributed by atoms with van der Waals surface area (Å²) in [5.41, 5.74) is 9.76. The van der Waals surface area contributed by atoms with Gasteiger partial charge in [-0.3, -0.25) is 0 Å². The molecular weight excluding hydrogens is 250 g/mol. The van der Waals surface area contributed by atoms with Gasteiger partial charge in [-0.25, -0.2) is 4.68 Å². The average Bonchev–Trinajstić information content (AvgIpc) is 2.80. The van der Waals surface area contributed by atoms with Crippen LogP contribution in [0.5, 0.6) is 0 Å². The van der Waals surface area contributed by atoms with Crippen molar-refractivity contribution < 1.29 is 0 Å². The van der Waals surface area contributed by atoms with Crippen LogP contribution < -0.4 is 10.6 Å². The predicted octanol–water partition coefficient (Wildman–Crippen LogP) is 1.51. The van der Waals surface area contributed by atoms with E-state index in [2.05, 4.69) is 46.2 Å². The predicted molar refractivity (Wildman–Crippen MR) is 82.4 cm³/mol. The molecule has 2 heterocycles. The van der Waals surface area contributed by atoms with Gasteiger partial charge in [-0.1, -0.05) is 0 Å². The van der Waals surface area contributed by atoms with Crippen LogP contribution in [0.2, 0.25) is 0 Å². The highest BCUT2D eigenvalue weighted by molar-refractivity contribution is 5.52. The Kier molecular flexibility index (Phi) is 3.36. The van der Waals surface area contributed by atoms with Gasteiger partial charge in [0.25, 0.3) is 0 Å². The van der Waals surface area contributed by atoms with Crippen LogP contribution in [0.1, 0.15) is 5.69 Å². The zero-order chi connectivity index (χ0) is 14.1. The Bertz CT molecular complexity index is 559. The van der Waals surface area contributed by atoms with Crippen LogP contribution in [-0.4, -0.2) is 47.9 Å². The number of likely N-dealkylation sites (N-methyl/N-ethyl adjacent to an activating group) is 1. The second-order valence-corrected chi connectivity index (χ2v) is 5.42. The fourth-order valence-electron chi connectivity index (χ4n) is 2.49. The van der Waals surface area contributed by atoms with Crippen molar-refractivity contribution in [3.05, 3.63) is 36.2 Å². The molecule has 5 heteroatoms. The molecule has 0 radical (unpaired) electrons. The first-order valence-corrected chi connectivity index (χ1v) is 6.99. The van der Waals surface area contributed by atoms with Gasteiger partial charge in [-0.2, -0.15) is 5.10 Å². The molecule has 106 valence electrons. The lowest BCUT2D eigenvalue weighted by Crippen LogP contribution is -2.44. The van der Waals surface area contributed by atoms with Crippen molar-refractivity contribution in [3.63, 3.8) is 0 Å². The van der Waals surface area contributed by atoms with E-state index in [0.29, 0.717) is 0 Å². The van der Waals surface area contributed by atoms with Crippen molar-refractivity contribution in [2.24, 2.45) is 0 Å². The molecule has 20 heavy (non-hydrogen) atoms. The highest BCUT2D eigenvalue weighted by Crippen LogP contribution is 2.20. The number of benzene rings is 1. The van der Waals surface area contributed by atoms with E-state index in [4.69, 9.17) is 5.73 Å². The van der Waals surface area contributed by atoms with Crippen LogP contribution in [0, 0.1) is 6.92 Å². The van der Waals surface area contributed by atoms with Gasteiger partial charge < -0.3 is 15.5 Å². The summed E-state index contributed by atoms with van der Waals surface area (Å²) < 4.78 is 1.83. The summed E-state index contributed by atoms with van der Waals surface area (Å²) in [5, 5.41) is 4.40. The van der Waals surface area contributed by atoms with Crippen molar-refractivity contribution >= 4 is 11.4 Å². The Morgan fingerprint density at radius 2 is 1.60 bits per heavy atom. The van der Waals surface area contributed by atoms with Crippen LogP contribution in [0.3, 0.4) is 0 Å². The molecule has 0 spiro atoms. The Balaban J connectivity index is 1.77. The van der Waals surface area contributed by atoms with Gasteiger partial charge >= 0.3 is 0 Å². The van der Waals surface area contributed by atoms with Gasteiger partial charge in [0.15, 0.2) is 0 Å². The fourth-order valence-corrected chi connectivity index (χ4v) is 2.49. The lowest BCUT2D eigenvalue weighted by Gasteiger charge is -2.34. The zero-order valence-electron chi connectivity index (χ0n) is 12.1. The number of rotatable bonds is 2. The number of hydrogen-bond donors (Lipinski definition) is 1. The fraction of sp³-hybridized carbons (Fsp3) is 0.400. The lowest BCUT2D eigenvalue weighted by atomic mass is 10.2. The second kappa shape index (κ2) is 5.17. The first-order valence-electron chi connectivity index (χ1n) is 6.99. The van der Waals surface area contributed by atoms with Gasteiger partial charge in [-0.15, -0.1) is 0 Å². The standard InChI is InChI=1S/C15H21N5/c1-12-15(16)11-20(17-12)14-5-3-13(4-6-14)19-9-7-18(2)8-10-19/h3-6,11H,7-10,16H2,1-2H3. The molecule has 0 saturated carbocycles. The van der Waals surface area contributed by atoms with Gasteiger partial charge in [0.1, 0.15) is 0 Å². The number of nitrogens with two attached hydrogens (primary N) is 1. The molecule has 3 rings (SSSR count). The molecule has 1 aromatic heterocycles. The molecule has 5 nitrogen and oxygen atoms in total. The van der Waals surface area contributed by atoms with E-state index in [0.717, 1.165) is 43.2 Å². The smallest absolute Gasteiger partial charge is 0.0827 e. The van der Waals surface area contributed by atoms with Gasteiger partial charge in [0.05, 0.1) is 23.3 Å². The van der Waals surface area contributed by atoms with Crippen molar-refractivity contribution in [3.8, 4) is 5.69 Å². The first kappa shape index (κ1) is 13.0. The molecule has 1 aliphatic heterocycles. The summed E-state index contributed by atoms with van der Waals surface area (Å²) in [6.45, 7) is 6.34. The minimum absolute atomic E-state index is 0.730. The van der Waals surface area contributed by atoms with E-state index in [1.54, 1.807) is 0 Å². The van der Waals surface area contributed by atoms with E-state index < -0.39 is 0 Å². The van der Waals surface area contributed by atoms with Crippen molar-refractivity contribution in [1.82, 2.24) is 14.7 Å². The summed E-state index contributed by atoms with van der Waals surface area (Å²) in [4.78, 5) is 4.78. The molecule has 0 aliphatic carbocycles. The Morgan fingerprint density at radius 1 is 1.00 bits per heavy atom. The molecule has 0 amide bonds. The third kappa shape index (κ3) is 2.49. The number of hydrogen-bond acceptors (Lipinski definition) is 4. The van der Waals surface area contributed by atoms with Gasteiger partial charge in [0.2, 0.25) is 0 Å². The Hall–Kier alpha value is -2.01. The van der Waals surface area contributed by atoms with Crippen LogP contribution >= 0.6 is 0 Å². The number of aromatic nitrogens is 2. The van der Waals surface area contributed by atoms with E-state index >= 15 is 0 Å². The molecule has 2 aromatic rings. The lowest BCUT2D eigenvalue weighted by molar-refractivity contribution is 0.313. The molecule has 0 unspecified atom stereocenters. The molecule has 2 N–H and O–H groups in total. The molecule has 0 bridgehead atoms. The number of piperazine rings is 1. The molecule has 1 aromatic carbocycles. The normalized spacial score (nSPS) is 16.6. The quantitative estimate of drug-likeness (QED) is 0.899. The van der Waals surface area contributed by atoms with E-state index in [1.807, 2.05) is 17.8 Å². The number of nitrogen functional groups attached to an aromatic ring is 1. The summed E-state index contributed by atoms with van der Waals surface area (Å²) in [6.07, 6.45) is 1.86. The number of anilines is 2. The second-order valence-electron chi connectivity index (χ2n) is 5.42. The van der Waals surface area contributed by atoms with Crippen molar-refractivity contribution in [2.75, 3.05) is 43.9 Å². The molecule has 1 saturated heterocycles. The van der Waals surface area contributed by atoms with Crippen molar-refractivity contribution in [2.45, 2.75) is 6.92 Å². The maximum atomic E-state index is 5.84. The molecule has 1 fully saturated rings. The Labute approximate surface area is 119 Å². The molecular formula is C15H21N5. The van der Waals surface area contributed by atoms with Gasteiger partial charge in [-0.05, 0) is 38.2 Å². The van der Waals surface area contributed by atoms with Crippen LogP contribution in [0.4, 0.5) is 11.4 Å². The topological polar surface area (TPSA) is 50.3 Å². The summed E-state index contributed by atoms with van der Waals surface area (Å²) >= 11 is 0. The summed E-state index contributed by atoms with van der Waals surface area (Å²) in [7, 11) is 2.17. The third-order valence-corrected chi connectivity index (χ3v) is 3.92. The van der Waals surface area contributed by atoms with E-state index in [1.165, 1.54) is 5.69 Å². The minimum Gasteiger partial charge on any atom is -0.396 e. The van der Waals surface area contributed by atoms with E-state index in [-0.39, 0.29) is 0 Å². The monoisotopic (exact) mass is 271 g/mol. The highest BCUT2D eigenvalue weighted by Gasteiger charge is 2.14. The Morgan fingerprint density at radius 3 is 2.15 bits per heavy atom. The van der Waals surface area contributed by atoms with E-state index in [9.17, 15) is 0 Å². The van der Waals surface area contributed by atoms with Crippen molar-refractivity contribution in [1.29, 1.82) is 0 Å². The van der Waals surface area contributed by atoms with Crippen LogP contribution in [-0.2, 0) is 0 Å². The maximum absolute atomic E-state index is 5.84. The third-order valence-electron chi connectivity index (χ3n) is 3.92. The SMILES string of the molecule is Cc1nn(-c2ccc(N3CCN(C)CC3)cc2)cc1N. The molecule has 1 aliphatic rings. The average molecular weight is 271 g/mol. The number of nitrogens with zero attached hydrogens (tertiary/aromatic N) is 4. The van der Waals surface area contributed by atoms with Gasteiger partial charge in [0, 0.05) is 31.9 Å². The van der Waals surface area contributed by atoms with Crippen LogP contribution in [0.25, 0.3) is 5.69 Å². The molecule has 0 atom stereocenters. The highest BCUT2D eigenvalue weighted by atomic mass is 15.3. The minimum atomic E-state index is 0.730. The number of aryl methyl sites for hydroxylation is 1. The first-order chi connectivity index (χ1) is 9.63. The largest absolute Gasteiger partial charge is 0.396 e. The summed E-state index contributed by atoms with van der Waals surface area (Å²) in [5.74, 6) is 0. The maximum Gasteiger partial charge on any atom is 0.0827 e. The zero-order valence-corrected chi connectivity index (χ0v) is 12.1. The van der Waals surface area contributed by atoms with Crippen LogP contribution in [0.15, 0.2) is 30.5 Å².